The summed E-state index contributed by atoms with van der Waals surface area (Å²) in [6.45, 7) is 0. The van der Waals surface area contributed by atoms with Crippen molar-refractivity contribution in [2.75, 3.05) is 14.7 Å². The molecular formula is C144H113N3OS2. The number of nitrogens with zero attached hydrogens (tertiary/aromatic N) is 3. The summed E-state index contributed by atoms with van der Waals surface area (Å²) in [5.74, 6) is 10.0. The van der Waals surface area contributed by atoms with Crippen LogP contribution in [0.3, 0.4) is 0 Å². The Morgan fingerprint density at radius 3 is 0.953 bits per heavy atom. The molecule has 4 nitrogen and oxygen atoms in total. The molecule has 15 aliphatic rings. The number of rotatable bonds is 11. The van der Waals surface area contributed by atoms with Gasteiger partial charge in [-0.25, -0.2) is 0 Å². The van der Waals surface area contributed by atoms with Crippen LogP contribution in [0.4, 0.5) is 51.2 Å². The van der Waals surface area contributed by atoms with Crippen LogP contribution >= 0.6 is 22.7 Å². The molecule has 6 heteroatoms. The standard InChI is InChI=1S/C50H39NO.C50H39NS.C44H35NS/c1-2-9-35-29-36(17-16-33(35)8-1)34-18-20-39(21-19-34)51(40-22-23-42-41-10-4-6-15-47(41)52-48(42)30-40)46-14-7-13-45-49(46)43-11-3-5-12-44(43)50(45)37-25-31-24-32(27-37)28-38(50)26-31;1-2-9-35-29-40(22-18-33(35)8-1)51(39-20-16-34(17-21-39)36-19-23-42-41-10-4-6-15-47(41)52-48(42)30-36)46-14-7-13-45-49(46)43-11-3-5-12-44(43)50(45)37-25-31-24-32(27-37)28-38(50)26-31;1-2-9-30-25-33(17-16-29(30)8-1)45(34-18-19-42-37(26-34)35-10-4-6-15-41(35)46-42)40-14-7-13-39-43(40)36-11-3-5-12-38(36)44(39)31-21-27-20-28(23-31)24-32(44)22-27/h2*1-23,29-32,37-38H,24-28H2;1-19,25-28,31-32H,20-24H2. The van der Waals surface area contributed by atoms with E-state index in [1.807, 2.05) is 22.7 Å². The third-order valence-corrected chi connectivity index (χ3v) is 41.9. The second-order valence-corrected chi connectivity index (χ2v) is 49.0. The molecule has 0 aliphatic heterocycles. The molecular weight excluding hydrogens is 1850 g/mol. The lowest BCUT2D eigenvalue weighted by Crippen LogP contribution is -2.55. The van der Waals surface area contributed by atoms with E-state index < -0.39 is 0 Å². The topological polar surface area (TPSA) is 22.9 Å². The minimum absolute atomic E-state index is 0.115. The van der Waals surface area contributed by atoms with Gasteiger partial charge in [-0.15, -0.1) is 22.7 Å². The number of anilines is 9. The minimum Gasteiger partial charge on any atom is -0.456 e. The van der Waals surface area contributed by atoms with Crippen LogP contribution in [0.25, 0.3) is 150 Å². The van der Waals surface area contributed by atoms with E-state index in [2.05, 4.69) is 445 Å². The van der Waals surface area contributed by atoms with Crippen LogP contribution in [0, 0.1) is 71.0 Å². The SMILES string of the molecule is c1ccc2c(c1)-c1c(N(c3ccc(-c4ccc5c(c4)sc4ccccc45)cc3)c3ccc4ccccc4c3)cccc1C21C2CC3CC(C2)CC1C3.c1ccc2c(c1)-c1c(N(c3ccc(-c4ccc5ccccc5c4)cc3)c3ccc4c(c3)oc3ccccc34)cccc1C21C2CC3CC(C2)CC1C3.c1ccc2c(c1)-c1c(N(c3ccc4ccccc4c3)c3ccc4sc5ccccc5c4c3)cccc1C21C2CC3CC(C2)CC1C3. The molecule has 12 fully saturated rings. The first kappa shape index (κ1) is 86.8. The Morgan fingerprint density at radius 2 is 0.487 bits per heavy atom. The second-order valence-electron chi connectivity index (χ2n) is 46.8. The highest BCUT2D eigenvalue weighted by Gasteiger charge is 2.66. The monoisotopic (exact) mass is 1960 g/mol. The fraction of sp³-hybridized carbons (Fsp3) is 0.208. The first-order valence-electron chi connectivity index (χ1n) is 55.7. The molecule has 23 aromatic rings. The number of para-hydroxylation sites is 1. The van der Waals surface area contributed by atoms with Crippen molar-refractivity contribution >= 4 is 168 Å². The number of hydrogen-bond donors (Lipinski definition) is 0. The summed E-state index contributed by atoms with van der Waals surface area (Å²) in [6, 6.07) is 163. The van der Waals surface area contributed by atoms with Gasteiger partial charge in [0.25, 0.3) is 0 Å². The van der Waals surface area contributed by atoms with E-state index in [9.17, 15) is 0 Å². The largest absolute Gasteiger partial charge is 0.456 e. The smallest absolute Gasteiger partial charge is 0.137 e. The van der Waals surface area contributed by atoms with Gasteiger partial charge < -0.3 is 19.1 Å². The average Bonchev–Trinajstić information content (AvgIpc) is 1.51. The maximum Gasteiger partial charge on any atom is 0.137 e. The van der Waals surface area contributed by atoms with E-state index in [1.54, 1.807) is 33.4 Å². The Morgan fingerprint density at radius 1 is 0.187 bits per heavy atom. The van der Waals surface area contributed by atoms with Crippen molar-refractivity contribution in [1.29, 1.82) is 0 Å². The van der Waals surface area contributed by atoms with Gasteiger partial charge in [0.05, 0.1) is 17.1 Å². The fourth-order valence-electron chi connectivity index (χ4n) is 34.6. The predicted molar refractivity (Wildman–Crippen MR) is 630 cm³/mol. The van der Waals surface area contributed by atoms with Crippen LogP contribution in [-0.2, 0) is 16.2 Å². The van der Waals surface area contributed by atoms with Gasteiger partial charge in [0.1, 0.15) is 11.2 Å². The summed E-state index contributed by atoms with van der Waals surface area (Å²) >= 11 is 3.78. The molecule has 0 unspecified atom stereocenters. The molecule has 20 aromatic carbocycles. The first-order valence-corrected chi connectivity index (χ1v) is 57.3. The van der Waals surface area contributed by atoms with Crippen molar-refractivity contribution < 1.29 is 4.42 Å². The van der Waals surface area contributed by atoms with Crippen molar-refractivity contribution in [2.45, 2.75) is 113 Å². The molecule has 3 spiro atoms. The van der Waals surface area contributed by atoms with Crippen molar-refractivity contribution in [3.63, 3.8) is 0 Å². The first-order chi connectivity index (χ1) is 74.2. The molecule has 150 heavy (non-hydrogen) atoms. The van der Waals surface area contributed by atoms with Gasteiger partial charge >= 0.3 is 0 Å². The lowest BCUT2D eigenvalue weighted by Gasteiger charge is -2.61. The van der Waals surface area contributed by atoms with Crippen LogP contribution in [0.2, 0.25) is 0 Å². The predicted octanol–water partition coefficient (Wildman–Crippen LogP) is 40.1. The maximum absolute atomic E-state index is 6.50. The Kier molecular flexibility index (Phi) is 19.3. The van der Waals surface area contributed by atoms with Crippen molar-refractivity contribution in [1.82, 2.24) is 0 Å². The lowest BCUT2D eigenvalue weighted by molar-refractivity contribution is -0.0399. The third kappa shape index (κ3) is 12.8. The second kappa shape index (κ2) is 33.4. The van der Waals surface area contributed by atoms with E-state index in [1.165, 1.54) is 264 Å². The van der Waals surface area contributed by atoms with Crippen molar-refractivity contribution in [2.24, 2.45) is 71.0 Å². The zero-order chi connectivity index (χ0) is 97.9. The van der Waals surface area contributed by atoms with Crippen LogP contribution in [-0.4, -0.2) is 0 Å². The van der Waals surface area contributed by atoms with E-state index in [4.69, 9.17) is 4.42 Å². The molecule has 0 saturated heterocycles. The number of furan rings is 1. The van der Waals surface area contributed by atoms with Gasteiger partial charge in [-0.05, 0) is 399 Å². The summed E-state index contributed by atoms with van der Waals surface area (Å²) in [5.41, 5.74) is 36.5. The fourth-order valence-corrected chi connectivity index (χ4v) is 36.8. The van der Waals surface area contributed by atoms with Crippen LogP contribution in [0.15, 0.2) is 435 Å². The Labute approximate surface area is 884 Å². The van der Waals surface area contributed by atoms with Gasteiger partial charge in [-0.3, -0.25) is 0 Å². The quantitative estimate of drug-likeness (QED) is 0.129. The Balaban J connectivity index is 0.0000000976. The van der Waals surface area contributed by atoms with Gasteiger partial charge in [-0.2, -0.15) is 0 Å². The molecule has 12 bridgehead atoms. The van der Waals surface area contributed by atoms with E-state index >= 15 is 0 Å². The summed E-state index contributed by atoms with van der Waals surface area (Å²) in [5, 5.41) is 15.3. The highest BCUT2D eigenvalue weighted by Crippen LogP contribution is 2.75. The molecule has 15 aliphatic carbocycles. The molecule has 3 aromatic heterocycles. The minimum atomic E-state index is 0.115. The molecule has 3 heterocycles. The van der Waals surface area contributed by atoms with E-state index in [0.717, 1.165) is 104 Å². The zero-order valence-electron chi connectivity index (χ0n) is 84.1. The molecule has 0 radical (unpaired) electrons. The molecule has 0 amide bonds. The molecule has 722 valence electrons. The zero-order valence-corrected chi connectivity index (χ0v) is 85.7. The summed E-state index contributed by atoms with van der Waals surface area (Å²) in [7, 11) is 0. The van der Waals surface area contributed by atoms with Crippen LogP contribution < -0.4 is 14.7 Å². The van der Waals surface area contributed by atoms with E-state index in [0.29, 0.717) is 0 Å². The molecule has 12 saturated carbocycles. The van der Waals surface area contributed by atoms with E-state index in [-0.39, 0.29) is 16.2 Å². The summed E-state index contributed by atoms with van der Waals surface area (Å²) in [4.78, 5) is 7.63. The lowest BCUT2D eigenvalue weighted by atomic mass is 9.43. The van der Waals surface area contributed by atoms with Gasteiger partial charge in [0.2, 0.25) is 0 Å². The summed E-state index contributed by atoms with van der Waals surface area (Å²) in [6.07, 6.45) is 21.2. The normalized spacial score (nSPS) is 24.3. The summed E-state index contributed by atoms with van der Waals surface area (Å²) < 4.78 is 11.9. The Bertz CT molecular complexity index is 9430. The molecule has 38 rings (SSSR count). The number of benzene rings is 20. The van der Waals surface area contributed by atoms with Crippen molar-refractivity contribution in [3.05, 3.63) is 464 Å². The highest BCUT2D eigenvalue weighted by molar-refractivity contribution is 7.26. The average molecular weight is 1970 g/mol. The van der Waals surface area contributed by atoms with Gasteiger partial charge in [0, 0.05) is 124 Å². The third-order valence-electron chi connectivity index (χ3n) is 39.7. The van der Waals surface area contributed by atoms with Crippen LogP contribution in [0.1, 0.15) is 130 Å². The molecule has 0 N–H and O–H groups in total. The number of hydrogen-bond acceptors (Lipinski definition) is 6. The number of fused-ring (bicyclic) bond motifs is 21. The van der Waals surface area contributed by atoms with Gasteiger partial charge in [0.15, 0.2) is 0 Å². The molecule has 0 atom stereocenters. The van der Waals surface area contributed by atoms with Crippen LogP contribution in [0.5, 0.6) is 0 Å². The Hall–Kier alpha value is -15.2. The maximum atomic E-state index is 6.50. The van der Waals surface area contributed by atoms with Gasteiger partial charge in [-0.1, -0.05) is 297 Å². The highest BCUT2D eigenvalue weighted by atomic mass is 32.1. The van der Waals surface area contributed by atoms with Crippen molar-refractivity contribution in [3.8, 4) is 55.6 Å². The number of thiophene rings is 2.